The fourth-order valence-electron chi connectivity index (χ4n) is 3.70. The van der Waals surface area contributed by atoms with Gasteiger partial charge in [-0.2, -0.15) is 0 Å². The number of aliphatic hydroxyl groups excluding tert-OH is 1. The summed E-state index contributed by atoms with van der Waals surface area (Å²) in [6, 6.07) is 9.37. The molecular formula is C22H25N3O4. The van der Waals surface area contributed by atoms with Gasteiger partial charge in [-0.15, -0.1) is 0 Å². The number of nitrogens with zero attached hydrogens (tertiary/aromatic N) is 1. The van der Waals surface area contributed by atoms with Crippen molar-refractivity contribution in [2.45, 2.75) is 37.4 Å². The number of aromatic nitrogens is 2. The lowest BCUT2D eigenvalue weighted by Crippen LogP contribution is -2.50. The van der Waals surface area contributed by atoms with Crippen molar-refractivity contribution in [3.8, 4) is 5.75 Å². The predicted molar refractivity (Wildman–Crippen MR) is 109 cm³/mol. The number of rotatable bonds is 9. The molecule has 2 heterocycles. The van der Waals surface area contributed by atoms with E-state index in [1.165, 1.54) is 0 Å². The minimum atomic E-state index is -1.09. The van der Waals surface area contributed by atoms with Crippen molar-refractivity contribution >= 4 is 16.9 Å². The van der Waals surface area contributed by atoms with Crippen LogP contribution in [0, 0.1) is 0 Å². The number of benzene rings is 1. The van der Waals surface area contributed by atoms with Crippen LogP contribution in [-0.2, 0) is 11.2 Å². The van der Waals surface area contributed by atoms with E-state index >= 15 is 0 Å². The number of aliphatic carboxylic acids is 1. The second-order valence-corrected chi connectivity index (χ2v) is 7.50. The van der Waals surface area contributed by atoms with E-state index in [0.717, 1.165) is 34.9 Å². The molecular weight excluding hydrogens is 370 g/mol. The van der Waals surface area contributed by atoms with Crippen LogP contribution < -0.4 is 10.1 Å². The number of para-hydroxylation sites is 1. The molecule has 2 aromatic heterocycles. The fourth-order valence-corrected chi connectivity index (χ4v) is 3.70. The Morgan fingerprint density at radius 2 is 2.17 bits per heavy atom. The summed E-state index contributed by atoms with van der Waals surface area (Å²) in [5.74, 6) is -0.320. The molecule has 0 bridgehead atoms. The normalized spacial score (nSPS) is 16.3. The number of carbonyl (C=O) groups is 1. The number of aromatic amines is 1. The van der Waals surface area contributed by atoms with Crippen molar-refractivity contribution < 1.29 is 19.7 Å². The number of hydrogen-bond acceptors (Lipinski definition) is 5. The monoisotopic (exact) mass is 395 g/mol. The van der Waals surface area contributed by atoms with Gasteiger partial charge in [-0.25, -0.2) is 4.79 Å². The summed E-state index contributed by atoms with van der Waals surface area (Å²) in [4.78, 5) is 18.9. The Labute approximate surface area is 168 Å². The average Bonchev–Trinajstić information content (AvgIpc) is 3.12. The van der Waals surface area contributed by atoms with Crippen LogP contribution in [0.15, 0.2) is 48.9 Å². The first-order valence-electron chi connectivity index (χ1n) is 9.89. The summed E-state index contributed by atoms with van der Waals surface area (Å²) < 4.78 is 5.95. The second kappa shape index (κ2) is 8.23. The van der Waals surface area contributed by atoms with E-state index in [1.807, 2.05) is 36.5 Å². The molecule has 0 radical (unpaired) electrons. The third-order valence-corrected chi connectivity index (χ3v) is 5.60. The molecule has 4 N–H and O–H groups in total. The molecule has 1 aromatic carbocycles. The van der Waals surface area contributed by atoms with Crippen LogP contribution in [0.25, 0.3) is 10.9 Å². The Hall–Kier alpha value is -2.90. The fraction of sp³-hybridized carbons (Fsp3) is 0.364. The van der Waals surface area contributed by atoms with Crippen molar-refractivity contribution in [3.63, 3.8) is 0 Å². The lowest BCUT2D eigenvalue weighted by molar-refractivity contribution is -0.163. The van der Waals surface area contributed by atoms with Crippen LogP contribution >= 0.6 is 0 Å². The van der Waals surface area contributed by atoms with Gasteiger partial charge in [0.15, 0.2) is 0 Å². The van der Waals surface area contributed by atoms with Crippen molar-refractivity contribution in [3.05, 3.63) is 60.0 Å². The number of ether oxygens (including phenoxy) is 1. The Morgan fingerprint density at radius 3 is 2.86 bits per heavy atom. The standard InChI is InChI=1S/C22H25N3O4/c26-18(16-4-2-10-23-12-16)14-24-11-7-15-13-25-20-17(15)5-1-6-19(20)29-22(21(27)28)8-3-9-22/h1-2,4-6,10,12-13,18,24-26H,3,7-9,11,14H2,(H,27,28)/t18-/m0/s1. The summed E-state index contributed by atoms with van der Waals surface area (Å²) in [5.41, 5.74) is 1.64. The molecule has 0 unspecified atom stereocenters. The molecule has 1 fully saturated rings. The van der Waals surface area contributed by atoms with Gasteiger partial charge in [0.25, 0.3) is 0 Å². The highest BCUT2D eigenvalue weighted by atomic mass is 16.5. The summed E-state index contributed by atoms with van der Waals surface area (Å²) in [7, 11) is 0. The molecule has 7 heteroatoms. The Bertz CT molecular complexity index is 982. The first kappa shape index (κ1) is 19.4. The van der Waals surface area contributed by atoms with Gasteiger partial charge in [-0.1, -0.05) is 18.2 Å². The van der Waals surface area contributed by atoms with Gasteiger partial charge in [-0.05, 0) is 49.9 Å². The minimum Gasteiger partial charge on any atom is -0.478 e. The Balaban J connectivity index is 1.38. The maximum atomic E-state index is 11.6. The maximum Gasteiger partial charge on any atom is 0.348 e. The minimum absolute atomic E-state index is 0.448. The molecule has 152 valence electrons. The van der Waals surface area contributed by atoms with Crippen molar-refractivity contribution in [2.24, 2.45) is 0 Å². The number of carboxylic acids is 1. The van der Waals surface area contributed by atoms with Crippen LogP contribution in [-0.4, -0.2) is 44.8 Å². The lowest BCUT2D eigenvalue weighted by Gasteiger charge is -2.37. The second-order valence-electron chi connectivity index (χ2n) is 7.50. The Kier molecular flexibility index (Phi) is 5.51. The predicted octanol–water partition coefficient (Wildman–Crippen LogP) is 2.81. The molecule has 0 aliphatic heterocycles. The lowest BCUT2D eigenvalue weighted by atomic mass is 9.80. The third-order valence-electron chi connectivity index (χ3n) is 5.60. The largest absolute Gasteiger partial charge is 0.478 e. The molecule has 0 amide bonds. The molecule has 0 spiro atoms. The number of carboxylic acid groups (broad SMARTS) is 1. The first-order valence-corrected chi connectivity index (χ1v) is 9.89. The third kappa shape index (κ3) is 3.97. The highest BCUT2D eigenvalue weighted by Gasteiger charge is 2.47. The van der Waals surface area contributed by atoms with Crippen LogP contribution in [0.5, 0.6) is 5.75 Å². The van der Waals surface area contributed by atoms with Crippen LogP contribution in [0.4, 0.5) is 0 Å². The SMILES string of the molecule is O=C(O)C1(Oc2cccc3c(CCNC[C@H](O)c4cccnc4)c[nH]c23)CCC1. The number of pyridine rings is 1. The smallest absolute Gasteiger partial charge is 0.348 e. The molecule has 1 saturated carbocycles. The van der Waals surface area contributed by atoms with Gasteiger partial charge >= 0.3 is 5.97 Å². The summed E-state index contributed by atoms with van der Waals surface area (Å²) in [6.45, 7) is 1.15. The molecule has 1 atom stereocenters. The van der Waals surface area contributed by atoms with E-state index < -0.39 is 17.7 Å². The number of hydrogen-bond donors (Lipinski definition) is 4. The summed E-state index contributed by atoms with van der Waals surface area (Å²) in [6.07, 6.45) is 7.40. The van der Waals surface area contributed by atoms with Gasteiger partial charge in [0.2, 0.25) is 5.60 Å². The van der Waals surface area contributed by atoms with Crippen LogP contribution in [0.3, 0.4) is 0 Å². The van der Waals surface area contributed by atoms with E-state index in [0.29, 0.717) is 31.7 Å². The van der Waals surface area contributed by atoms with Crippen molar-refractivity contribution in [1.82, 2.24) is 15.3 Å². The zero-order valence-electron chi connectivity index (χ0n) is 16.1. The zero-order valence-corrected chi connectivity index (χ0v) is 16.1. The highest BCUT2D eigenvalue weighted by Crippen LogP contribution is 2.39. The van der Waals surface area contributed by atoms with Crippen LogP contribution in [0.1, 0.15) is 36.5 Å². The van der Waals surface area contributed by atoms with Gasteiger partial charge in [0.05, 0.1) is 11.6 Å². The van der Waals surface area contributed by atoms with Gasteiger partial charge in [0.1, 0.15) is 5.75 Å². The van der Waals surface area contributed by atoms with E-state index in [4.69, 9.17) is 4.74 Å². The number of fused-ring (bicyclic) bond motifs is 1. The van der Waals surface area contributed by atoms with E-state index in [1.54, 1.807) is 12.4 Å². The molecule has 29 heavy (non-hydrogen) atoms. The average molecular weight is 395 g/mol. The molecule has 4 rings (SSSR count). The maximum absolute atomic E-state index is 11.6. The van der Waals surface area contributed by atoms with Crippen molar-refractivity contribution in [2.75, 3.05) is 13.1 Å². The first-order chi connectivity index (χ1) is 14.1. The zero-order chi connectivity index (χ0) is 20.3. The number of H-pyrrole nitrogens is 1. The Morgan fingerprint density at radius 1 is 1.31 bits per heavy atom. The van der Waals surface area contributed by atoms with E-state index in [9.17, 15) is 15.0 Å². The van der Waals surface area contributed by atoms with Gasteiger partial charge < -0.3 is 25.3 Å². The molecule has 1 aliphatic carbocycles. The molecule has 3 aromatic rings. The number of aliphatic hydroxyl groups is 1. The summed E-state index contributed by atoms with van der Waals surface area (Å²) >= 11 is 0. The molecule has 1 aliphatic rings. The number of nitrogens with one attached hydrogen (secondary N) is 2. The highest BCUT2D eigenvalue weighted by molar-refractivity contribution is 5.89. The quantitative estimate of drug-likeness (QED) is 0.415. The van der Waals surface area contributed by atoms with Gasteiger partial charge in [-0.3, -0.25) is 4.98 Å². The van der Waals surface area contributed by atoms with Gasteiger partial charge in [0, 0.05) is 36.1 Å². The van der Waals surface area contributed by atoms with Crippen LogP contribution in [0.2, 0.25) is 0 Å². The van der Waals surface area contributed by atoms with E-state index in [-0.39, 0.29) is 0 Å². The van der Waals surface area contributed by atoms with E-state index in [2.05, 4.69) is 15.3 Å². The van der Waals surface area contributed by atoms with Crippen molar-refractivity contribution in [1.29, 1.82) is 0 Å². The molecule has 7 nitrogen and oxygen atoms in total. The topological polar surface area (TPSA) is 107 Å². The molecule has 0 saturated heterocycles. The summed E-state index contributed by atoms with van der Waals surface area (Å²) in [5, 5.41) is 24.0.